The lowest BCUT2D eigenvalue weighted by Gasteiger charge is -2.17. The van der Waals surface area contributed by atoms with E-state index in [-0.39, 0.29) is 17.3 Å². The number of likely N-dealkylation sites (N-methyl/N-ethyl adjacent to an activating group) is 1. The highest BCUT2D eigenvalue weighted by molar-refractivity contribution is 5.48. The molecule has 0 saturated carbocycles. The van der Waals surface area contributed by atoms with Crippen LogP contribution in [0.3, 0.4) is 0 Å². The monoisotopic (exact) mass is 235 g/mol. The van der Waals surface area contributed by atoms with Crippen LogP contribution in [0.25, 0.3) is 6.08 Å². The van der Waals surface area contributed by atoms with Gasteiger partial charge in [-0.25, -0.2) is 4.79 Å². The second kappa shape index (κ2) is 4.97. The summed E-state index contributed by atoms with van der Waals surface area (Å²) in [4.78, 5) is 23.8. The van der Waals surface area contributed by atoms with Crippen molar-refractivity contribution < 1.29 is 0 Å². The zero-order chi connectivity index (χ0) is 13.2. The zero-order valence-corrected chi connectivity index (χ0v) is 10.4. The van der Waals surface area contributed by atoms with Crippen molar-refractivity contribution in [3.63, 3.8) is 0 Å². The number of nitrogens with one attached hydrogen (secondary N) is 1. The van der Waals surface area contributed by atoms with Crippen molar-refractivity contribution in [1.29, 1.82) is 0 Å². The van der Waals surface area contributed by atoms with Crippen molar-refractivity contribution in [2.24, 2.45) is 14.1 Å². The molecule has 17 heavy (non-hydrogen) atoms. The Kier molecular flexibility index (Phi) is 3.85. The van der Waals surface area contributed by atoms with Crippen LogP contribution in [-0.2, 0) is 14.1 Å². The van der Waals surface area contributed by atoms with Gasteiger partial charge in [0.2, 0.25) is 0 Å². The van der Waals surface area contributed by atoms with Gasteiger partial charge in [0, 0.05) is 14.1 Å². The minimum Gasteiger partial charge on any atom is -0.310 e. The summed E-state index contributed by atoms with van der Waals surface area (Å²) in [6, 6.07) is -0.312. The highest BCUT2D eigenvalue weighted by atomic mass is 16.2. The SMILES string of the molecule is C=Cc1c(C(C=C)NC)c(=O)n(C)c(=O)n1C. The van der Waals surface area contributed by atoms with Gasteiger partial charge < -0.3 is 5.32 Å². The van der Waals surface area contributed by atoms with Crippen LogP contribution in [0.4, 0.5) is 0 Å². The van der Waals surface area contributed by atoms with Gasteiger partial charge in [0.25, 0.3) is 5.56 Å². The summed E-state index contributed by atoms with van der Waals surface area (Å²) in [6.45, 7) is 7.32. The molecule has 1 aromatic rings. The number of hydrogen-bond acceptors (Lipinski definition) is 3. The summed E-state index contributed by atoms with van der Waals surface area (Å²) in [5, 5.41) is 2.96. The van der Waals surface area contributed by atoms with E-state index in [0.717, 1.165) is 4.57 Å². The third-order valence-corrected chi connectivity index (χ3v) is 2.80. The van der Waals surface area contributed by atoms with Crippen LogP contribution in [0.5, 0.6) is 0 Å². The smallest absolute Gasteiger partial charge is 0.310 e. The molecule has 1 rings (SSSR count). The van der Waals surface area contributed by atoms with Crippen LogP contribution >= 0.6 is 0 Å². The first-order valence-corrected chi connectivity index (χ1v) is 5.21. The maximum absolute atomic E-state index is 12.1. The largest absolute Gasteiger partial charge is 0.330 e. The lowest BCUT2D eigenvalue weighted by atomic mass is 10.1. The summed E-state index contributed by atoms with van der Waals surface area (Å²) in [6.07, 6.45) is 3.13. The molecule has 0 radical (unpaired) electrons. The highest BCUT2D eigenvalue weighted by Gasteiger charge is 2.18. The van der Waals surface area contributed by atoms with Crippen LogP contribution in [0.15, 0.2) is 28.8 Å². The maximum atomic E-state index is 12.1. The van der Waals surface area contributed by atoms with Crippen LogP contribution in [0.2, 0.25) is 0 Å². The van der Waals surface area contributed by atoms with Gasteiger partial charge >= 0.3 is 5.69 Å². The molecule has 0 saturated heterocycles. The van der Waals surface area contributed by atoms with E-state index in [4.69, 9.17) is 0 Å². The summed E-state index contributed by atoms with van der Waals surface area (Å²) >= 11 is 0. The second-order valence-corrected chi connectivity index (χ2v) is 3.71. The van der Waals surface area contributed by atoms with Gasteiger partial charge in [-0.2, -0.15) is 0 Å². The Hall–Kier alpha value is -1.88. The molecule has 0 fully saturated rings. The van der Waals surface area contributed by atoms with E-state index in [0.29, 0.717) is 11.3 Å². The van der Waals surface area contributed by atoms with Crippen LogP contribution in [0.1, 0.15) is 17.3 Å². The molecule has 0 spiro atoms. The normalized spacial score (nSPS) is 12.2. The van der Waals surface area contributed by atoms with Crippen molar-refractivity contribution in [1.82, 2.24) is 14.5 Å². The molecule has 0 aliphatic heterocycles. The quantitative estimate of drug-likeness (QED) is 0.757. The fourth-order valence-electron chi connectivity index (χ4n) is 1.81. The molecule has 5 heteroatoms. The molecule has 0 aliphatic rings. The van der Waals surface area contributed by atoms with Gasteiger partial charge in [-0.15, -0.1) is 6.58 Å². The molecule has 1 heterocycles. The predicted molar refractivity (Wildman–Crippen MR) is 69.0 cm³/mol. The molecule has 5 nitrogen and oxygen atoms in total. The van der Waals surface area contributed by atoms with Crippen molar-refractivity contribution in [3.05, 3.63) is 51.3 Å². The zero-order valence-electron chi connectivity index (χ0n) is 10.4. The van der Waals surface area contributed by atoms with Crippen molar-refractivity contribution in [3.8, 4) is 0 Å². The lowest BCUT2D eigenvalue weighted by molar-refractivity contribution is 0.622. The molecule has 0 bridgehead atoms. The molecule has 1 aromatic heterocycles. The third-order valence-electron chi connectivity index (χ3n) is 2.80. The molecule has 1 unspecified atom stereocenters. The van der Waals surface area contributed by atoms with E-state index < -0.39 is 0 Å². The highest BCUT2D eigenvalue weighted by Crippen LogP contribution is 2.13. The molecule has 1 atom stereocenters. The topological polar surface area (TPSA) is 56.0 Å². The fourth-order valence-corrected chi connectivity index (χ4v) is 1.81. The average Bonchev–Trinajstić information content (AvgIpc) is 2.34. The Labute approximate surface area is 99.7 Å². The molecular weight excluding hydrogens is 218 g/mol. The van der Waals surface area contributed by atoms with Crippen LogP contribution in [0, 0.1) is 0 Å². The second-order valence-electron chi connectivity index (χ2n) is 3.71. The first-order chi connectivity index (χ1) is 7.99. The molecular formula is C12H17N3O2. The first-order valence-electron chi connectivity index (χ1n) is 5.21. The van der Waals surface area contributed by atoms with E-state index in [1.165, 1.54) is 17.7 Å². The van der Waals surface area contributed by atoms with Gasteiger partial charge in [0.1, 0.15) is 0 Å². The van der Waals surface area contributed by atoms with Gasteiger partial charge in [0.05, 0.1) is 17.3 Å². The molecule has 0 amide bonds. The van der Waals surface area contributed by atoms with Gasteiger partial charge in [-0.1, -0.05) is 12.7 Å². The van der Waals surface area contributed by atoms with E-state index >= 15 is 0 Å². The van der Waals surface area contributed by atoms with E-state index in [1.54, 1.807) is 20.2 Å². The molecule has 0 aliphatic carbocycles. The Balaban J connectivity index is 3.81. The van der Waals surface area contributed by atoms with Crippen LogP contribution in [-0.4, -0.2) is 16.2 Å². The summed E-state index contributed by atoms with van der Waals surface area (Å²) in [5.74, 6) is 0. The van der Waals surface area contributed by atoms with E-state index in [1.807, 2.05) is 0 Å². The fraction of sp³-hybridized carbons (Fsp3) is 0.333. The van der Waals surface area contributed by atoms with Gasteiger partial charge in [0.15, 0.2) is 0 Å². The molecule has 92 valence electrons. The average molecular weight is 235 g/mol. The Morgan fingerprint density at radius 1 is 1.24 bits per heavy atom. The number of rotatable bonds is 4. The van der Waals surface area contributed by atoms with Gasteiger partial charge in [-0.05, 0) is 13.1 Å². The molecule has 1 N–H and O–H groups in total. The Bertz CT molecular complexity index is 566. The first kappa shape index (κ1) is 13.2. The summed E-state index contributed by atoms with van der Waals surface area (Å²) in [7, 11) is 4.79. The summed E-state index contributed by atoms with van der Waals surface area (Å²) < 4.78 is 2.48. The van der Waals surface area contributed by atoms with Crippen LogP contribution < -0.4 is 16.6 Å². The predicted octanol–water partition coefficient (Wildman–Crippen LogP) is 0.174. The lowest BCUT2D eigenvalue weighted by Crippen LogP contribution is -2.42. The summed E-state index contributed by atoms with van der Waals surface area (Å²) in [5.41, 5.74) is 0.286. The minimum absolute atomic E-state index is 0.312. The van der Waals surface area contributed by atoms with Crippen molar-refractivity contribution in [2.45, 2.75) is 6.04 Å². The van der Waals surface area contributed by atoms with Crippen molar-refractivity contribution >= 4 is 6.08 Å². The third kappa shape index (κ3) is 2.01. The number of nitrogens with zero attached hydrogens (tertiary/aromatic N) is 2. The maximum Gasteiger partial charge on any atom is 0.330 e. The van der Waals surface area contributed by atoms with Gasteiger partial charge in [-0.3, -0.25) is 13.9 Å². The minimum atomic E-state index is -0.368. The Morgan fingerprint density at radius 3 is 2.24 bits per heavy atom. The number of hydrogen-bond donors (Lipinski definition) is 1. The molecule has 0 aromatic carbocycles. The Morgan fingerprint density at radius 2 is 1.82 bits per heavy atom. The standard InChI is InChI=1S/C12H17N3O2/c1-6-8(13-3)10-9(7-2)14(4)12(17)15(5)11(10)16/h6-8,13H,1-2H2,3-5H3. The van der Waals surface area contributed by atoms with Crippen molar-refractivity contribution in [2.75, 3.05) is 7.05 Å². The van der Waals surface area contributed by atoms with E-state index in [9.17, 15) is 9.59 Å². The number of aromatic nitrogens is 2. The van der Waals surface area contributed by atoms with E-state index in [2.05, 4.69) is 18.5 Å².